The molecule has 0 spiro atoms. The van der Waals surface area contributed by atoms with Crippen molar-refractivity contribution >= 4 is 23.4 Å². The van der Waals surface area contributed by atoms with E-state index in [1.807, 2.05) is 0 Å². The van der Waals surface area contributed by atoms with Gasteiger partial charge in [0, 0.05) is 6.42 Å². The van der Waals surface area contributed by atoms with Crippen LogP contribution in [0.4, 0.5) is 23.2 Å². The molecule has 10 nitrogen and oxygen atoms in total. The van der Waals surface area contributed by atoms with E-state index in [9.17, 15) is 32.7 Å². The van der Waals surface area contributed by atoms with Crippen molar-refractivity contribution < 1.29 is 41.8 Å². The molecular weight excluding hydrogens is 514 g/mol. The molecule has 1 unspecified atom stereocenters. The number of rotatable bonds is 4. The lowest BCUT2D eigenvalue weighted by molar-refractivity contribution is -0.140. The van der Waals surface area contributed by atoms with Gasteiger partial charge in [-0.3, -0.25) is 19.5 Å². The summed E-state index contributed by atoms with van der Waals surface area (Å²) in [7, 11) is 0. The molecule has 0 saturated carbocycles. The number of carbonyl (C=O) groups excluding carboxylic acids is 3. The molecule has 3 aliphatic rings. The second kappa shape index (κ2) is 8.08. The first-order valence-electron chi connectivity index (χ1n) is 11.6. The van der Waals surface area contributed by atoms with E-state index in [4.69, 9.17) is 10.00 Å². The fraction of sp³-hybridized carbons (Fsp3) is 0.458. The molecule has 1 aromatic heterocycles. The number of aliphatic hydroxyl groups excluding tert-OH is 1. The highest BCUT2D eigenvalue weighted by atomic mass is 19.4. The Morgan fingerprint density at radius 1 is 1.32 bits per heavy atom. The molecule has 14 heteroatoms. The Morgan fingerprint density at radius 2 is 1.97 bits per heavy atom. The zero-order valence-electron chi connectivity index (χ0n) is 20.2. The van der Waals surface area contributed by atoms with Gasteiger partial charge in [0.25, 0.3) is 5.91 Å². The number of benzene rings is 1. The van der Waals surface area contributed by atoms with Gasteiger partial charge in [0.2, 0.25) is 11.8 Å². The van der Waals surface area contributed by atoms with E-state index in [0.29, 0.717) is 16.7 Å². The molecule has 38 heavy (non-hydrogen) atoms. The van der Waals surface area contributed by atoms with Gasteiger partial charge in [-0.05, 0) is 39.0 Å². The van der Waals surface area contributed by atoms with Gasteiger partial charge in [0.15, 0.2) is 5.82 Å². The average Bonchev–Trinajstić information content (AvgIpc) is 3.52. The molecule has 200 valence electrons. The number of imide groups is 1. The fourth-order valence-electron chi connectivity index (χ4n) is 5.99. The average molecular weight is 535 g/mol. The topological polar surface area (TPSA) is 148 Å². The molecule has 3 fully saturated rings. The van der Waals surface area contributed by atoms with Crippen molar-refractivity contribution in [1.82, 2.24) is 15.5 Å². The first kappa shape index (κ1) is 25.8. The zero-order chi connectivity index (χ0) is 27.9. The van der Waals surface area contributed by atoms with E-state index in [1.165, 1.54) is 26.0 Å². The van der Waals surface area contributed by atoms with Gasteiger partial charge in [-0.15, -0.1) is 0 Å². The largest absolute Gasteiger partial charge is 0.420 e. The number of aromatic nitrogens is 2. The summed E-state index contributed by atoms with van der Waals surface area (Å²) in [5.74, 6) is -6.81. The smallest absolute Gasteiger partial charge is 0.387 e. The van der Waals surface area contributed by atoms with Crippen LogP contribution in [0.25, 0.3) is 0 Å². The van der Waals surface area contributed by atoms with Gasteiger partial charge in [0.05, 0.1) is 58.2 Å². The quantitative estimate of drug-likeness (QED) is 0.402. The van der Waals surface area contributed by atoms with Crippen LogP contribution in [0.2, 0.25) is 0 Å². The zero-order valence-corrected chi connectivity index (χ0v) is 20.2. The van der Waals surface area contributed by atoms with Crippen LogP contribution >= 0.6 is 0 Å². The number of halogens is 4. The number of aliphatic hydroxyl groups is 1. The predicted octanol–water partition coefficient (Wildman–Crippen LogP) is 2.35. The van der Waals surface area contributed by atoms with Crippen molar-refractivity contribution in [3.05, 3.63) is 46.5 Å². The number of anilines is 1. The number of fused-ring (bicyclic) bond motifs is 5. The highest BCUT2D eigenvalue weighted by molar-refractivity contribution is 6.23. The second-order valence-electron chi connectivity index (χ2n) is 10.1. The summed E-state index contributed by atoms with van der Waals surface area (Å²) in [6.07, 6.45) is -6.07. The lowest BCUT2D eigenvalue weighted by Gasteiger charge is -2.35. The van der Waals surface area contributed by atoms with Crippen molar-refractivity contribution in [3.8, 4) is 6.07 Å². The summed E-state index contributed by atoms with van der Waals surface area (Å²) in [4.78, 5) is 40.2. The van der Waals surface area contributed by atoms with Gasteiger partial charge in [-0.25, -0.2) is 9.29 Å². The van der Waals surface area contributed by atoms with Crippen molar-refractivity contribution in [2.75, 3.05) is 4.90 Å². The lowest BCUT2D eigenvalue weighted by atomic mass is 9.66. The van der Waals surface area contributed by atoms with E-state index >= 15 is 4.39 Å². The summed E-state index contributed by atoms with van der Waals surface area (Å²) >= 11 is 0. The molecule has 3 amide bonds. The Labute approximate surface area is 212 Å². The summed E-state index contributed by atoms with van der Waals surface area (Å²) in [6, 6.07) is 3.32. The highest BCUT2D eigenvalue weighted by Crippen LogP contribution is 2.61. The van der Waals surface area contributed by atoms with Gasteiger partial charge >= 0.3 is 6.18 Å². The Morgan fingerprint density at radius 3 is 2.55 bits per heavy atom. The van der Waals surface area contributed by atoms with Crippen molar-refractivity contribution in [2.24, 2.45) is 11.8 Å². The number of hydrogen-bond donors (Lipinski definition) is 3. The maximum absolute atomic E-state index is 15.2. The number of hydrogen-bond acceptors (Lipinski definition) is 7. The summed E-state index contributed by atoms with van der Waals surface area (Å²) in [5, 5.41) is 27.8. The minimum Gasteiger partial charge on any atom is -0.387 e. The molecule has 3 saturated heterocycles. The molecule has 3 aliphatic heterocycles. The van der Waals surface area contributed by atoms with Crippen LogP contribution in [-0.2, 0) is 20.5 Å². The molecule has 3 N–H and O–H groups in total. The minimum atomic E-state index is -5.25. The summed E-state index contributed by atoms with van der Waals surface area (Å²) < 4.78 is 61.9. The maximum atomic E-state index is 15.2. The third-order valence-corrected chi connectivity index (χ3v) is 7.69. The van der Waals surface area contributed by atoms with Gasteiger partial charge < -0.3 is 15.2 Å². The number of alkyl halides is 3. The summed E-state index contributed by atoms with van der Waals surface area (Å²) in [6.45, 7) is 4.53. The Bertz CT molecular complexity index is 1430. The van der Waals surface area contributed by atoms with E-state index < -0.39 is 81.7 Å². The third kappa shape index (κ3) is 3.45. The van der Waals surface area contributed by atoms with Crippen LogP contribution in [-0.4, -0.2) is 50.3 Å². The molecule has 4 heterocycles. The van der Waals surface area contributed by atoms with Crippen LogP contribution in [0, 0.1) is 29.0 Å². The normalized spacial score (nSPS) is 30.9. The fourth-order valence-corrected chi connectivity index (χ4v) is 5.99. The van der Waals surface area contributed by atoms with Gasteiger partial charge in [-0.1, -0.05) is 0 Å². The van der Waals surface area contributed by atoms with Crippen LogP contribution < -0.4 is 10.2 Å². The standard InChI is InChI=1S/C24H21F4N5O5/c1-9(34)11-6-12(32-31-11)19(35)30-14-7-22(2)16-17(23(14,3)38-22)21(37)33(20(16)36)13-5-4-10(8-29)15(18(13)25)24(26,27)28/h4-6,9,14,16-17,34H,7H2,1-3H3,(H,30,35)(H,31,32)/t9?,14-,16-,17+,22-,23+/m0/s1. The van der Waals surface area contributed by atoms with E-state index in [2.05, 4.69) is 15.5 Å². The molecule has 6 atom stereocenters. The SMILES string of the molecule is CC(O)c1cc(C(=O)N[C@H]2C[C@]3(C)O[C@@]2(C)[C@H]2C(=O)N(c4ccc(C#N)c(C(F)(F)F)c4F)C(=O)[C@H]23)n[nH]1. The van der Waals surface area contributed by atoms with Crippen LogP contribution in [0.1, 0.15) is 60.6 Å². The molecule has 2 aromatic rings. The number of nitrogens with one attached hydrogen (secondary N) is 2. The molecule has 2 bridgehead atoms. The van der Waals surface area contributed by atoms with Crippen molar-refractivity contribution in [2.45, 2.75) is 56.7 Å². The number of aromatic amines is 1. The lowest BCUT2D eigenvalue weighted by Crippen LogP contribution is -2.56. The number of H-pyrrole nitrogens is 1. The monoisotopic (exact) mass is 535 g/mol. The van der Waals surface area contributed by atoms with Crippen LogP contribution in [0.3, 0.4) is 0 Å². The van der Waals surface area contributed by atoms with E-state index in [0.717, 1.165) is 6.07 Å². The number of nitrogens with zero attached hydrogens (tertiary/aromatic N) is 3. The minimum absolute atomic E-state index is 0.0382. The number of carbonyl (C=O) groups is 3. The third-order valence-electron chi connectivity index (χ3n) is 7.69. The Kier molecular flexibility index (Phi) is 5.49. The summed E-state index contributed by atoms with van der Waals surface area (Å²) in [5.41, 5.74) is -6.24. The second-order valence-corrected chi connectivity index (χ2v) is 10.1. The van der Waals surface area contributed by atoms with Crippen LogP contribution in [0.5, 0.6) is 0 Å². The van der Waals surface area contributed by atoms with Crippen molar-refractivity contribution in [3.63, 3.8) is 0 Å². The Hall–Kier alpha value is -3.83. The first-order valence-corrected chi connectivity index (χ1v) is 11.6. The first-order chi connectivity index (χ1) is 17.6. The van der Waals surface area contributed by atoms with E-state index in [-0.39, 0.29) is 12.1 Å². The molecule has 5 rings (SSSR count). The molecule has 0 aliphatic carbocycles. The molecule has 1 aromatic carbocycles. The number of amides is 3. The highest BCUT2D eigenvalue weighted by Gasteiger charge is 2.76. The maximum Gasteiger partial charge on any atom is 0.420 e. The molecule has 0 radical (unpaired) electrons. The Balaban J connectivity index is 1.49. The predicted molar refractivity (Wildman–Crippen MR) is 119 cm³/mol. The molecular formula is C24H21F4N5O5. The van der Waals surface area contributed by atoms with Crippen LogP contribution in [0.15, 0.2) is 18.2 Å². The number of nitriles is 1. The van der Waals surface area contributed by atoms with Gasteiger partial charge in [-0.2, -0.15) is 23.5 Å². The van der Waals surface area contributed by atoms with Gasteiger partial charge in [0.1, 0.15) is 11.3 Å². The van der Waals surface area contributed by atoms with Crippen molar-refractivity contribution in [1.29, 1.82) is 5.26 Å². The number of ether oxygens (including phenoxy) is 1. The van der Waals surface area contributed by atoms with E-state index in [1.54, 1.807) is 6.92 Å².